The summed E-state index contributed by atoms with van der Waals surface area (Å²) in [6, 6.07) is 1.49. The van der Waals surface area contributed by atoms with Crippen LogP contribution in [0.2, 0.25) is 0 Å². The molecule has 2 N–H and O–H groups in total. The van der Waals surface area contributed by atoms with Crippen molar-refractivity contribution in [3.63, 3.8) is 0 Å². The molecule has 1 fully saturated rings. The lowest BCUT2D eigenvalue weighted by Crippen LogP contribution is -2.51. The van der Waals surface area contributed by atoms with Gasteiger partial charge in [-0.05, 0) is 18.9 Å². The van der Waals surface area contributed by atoms with E-state index < -0.39 is 11.9 Å². The fraction of sp³-hybridized carbons (Fsp3) is 0.462. The molecule has 1 aliphatic rings. The molecule has 0 unspecified atom stereocenters. The van der Waals surface area contributed by atoms with E-state index in [1.165, 1.54) is 6.33 Å². The maximum Gasteiger partial charge on any atom is 0.186 e. The molecule has 1 saturated carbocycles. The number of anilines is 1. The number of aromatic nitrogens is 4. The van der Waals surface area contributed by atoms with Gasteiger partial charge < -0.3 is 10.4 Å². The van der Waals surface area contributed by atoms with Crippen LogP contribution in [0, 0.1) is 5.82 Å². The maximum absolute atomic E-state index is 14.1. The Bertz CT molecular complexity index is 588. The smallest absolute Gasteiger partial charge is 0.186 e. The predicted octanol–water partition coefficient (Wildman–Crippen LogP) is 1.16. The van der Waals surface area contributed by atoms with Crippen LogP contribution in [0.5, 0.6) is 0 Å². The highest BCUT2D eigenvalue weighted by molar-refractivity contribution is 5.39. The molecule has 106 valence electrons. The van der Waals surface area contributed by atoms with Crippen LogP contribution in [0.3, 0.4) is 0 Å². The Labute approximate surface area is 115 Å². The first-order chi connectivity index (χ1) is 9.70. The zero-order valence-electron chi connectivity index (χ0n) is 11.1. The number of aryl methyl sites for hydroxylation is 1. The van der Waals surface area contributed by atoms with Crippen LogP contribution >= 0.6 is 0 Å². The Morgan fingerprint density at radius 2 is 2.35 bits per heavy atom. The van der Waals surface area contributed by atoms with Crippen LogP contribution in [-0.2, 0) is 6.42 Å². The van der Waals surface area contributed by atoms with Crippen LogP contribution in [0.15, 0.2) is 24.8 Å². The van der Waals surface area contributed by atoms with Gasteiger partial charge in [0.2, 0.25) is 0 Å². The maximum atomic E-state index is 14.1. The second-order valence-corrected chi connectivity index (χ2v) is 4.87. The second-order valence-electron chi connectivity index (χ2n) is 4.87. The number of hydrogen-bond acceptors (Lipinski definition) is 5. The van der Waals surface area contributed by atoms with Gasteiger partial charge >= 0.3 is 0 Å². The van der Waals surface area contributed by atoms with Gasteiger partial charge in [-0.3, -0.25) is 4.68 Å². The van der Waals surface area contributed by atoms with E-state index in [0.29, 0.717) is 18.5 Å². The molecule has 1 aliphatic carbocycles. The first-order valence-corrected chi connectivity index (χ1v) is 6.63. The van der Waals surface area contributed by atoms with Gasteiger partial charge in [0, 0.05) is 12.4 Å². The average Bonchev–Trinajstić information content (AvgIpc) is 2.93. The summed E-state index contributed by atoms with van der Waals surface area (Å²) in [5, 5.41) is 17.0. The fourth-order valence-corrected chi connectivity index (χ4v) is 2.50. The van der Waals surface area contributed by atoms with E-state index in [-0.39, 0.29) is 17.9 Å². The van der Waals surface area contributed by atoms with Gasteiger partial charge in [-0.2, -0.15) is 5.10 Å². The number of nitrogens with zero attached hydrogens (tertiary/aromatic N) is 4. The quantitative estimate of drug-likeness (QED) is 0.877. The summed E-state index contributed by atoms with van der Waals surface area (Å²) in [7, 11) is 0. The van der Waals surface area contributed by atoms with Crippen molar-refractivity contribution < 1.29 is 9.50 Å². The van der Waals surface area contributed by atoms with Crippen molar-refractivity contribution in [2.24, 2.45) is 0 Å². The number of rotatable bonds is 4. The third kappa shape index (κ3) is 2.14. The summed E-state index contributed by atoms with van der Waals surface area (Å²) >= 11 is 0. The zero-order valence-corrected chi connectivity index (χ0v) is 11.1. The SMILES string of the molecule is CCc1ncnc(N[C@H]2C[C@@H](O)[C@@H]2n2cccn2)c1F. The van der Waals surface area contributed by atoms with Crippen LogP contribution in [-0.4, -0.2) is 37.0 Å². The highest BCUT2D eigenvalue weighted by atomic mass is 19.1. The molecule has 0 aromatic carbocycles. The molecule has 0 spiro atoms. The molecule has 6 nitrogen and oxygen atoms in total. The Hall–Kier alpha value is -2.02. The van der Waals surface area contributed by atoms with Crippen molar-refractivity contribution in [3.8, 4) is 0 Å². The lowest BCUT2D eigenvalue weighted by Gasteiger charge is -2.42. The fourth-order valence-electron chi connectivity index (χ4n) is 2.50. The van der Waals surface area contributed by atoms with E-state index in [1.807, 2.05) is 6.92 Å². The summed E-state index contributed by atoms with van der Waals surface area (Å²) in [6.45, 7) is 1.84. The van der Waals surface area contributed by atoms with Gasteiger partial charge in [0.15, 0.2) is 11.6 Å². The third-order valence-corrected chi connectivity index (χ3v) is 3.65. The lowest BCUT2D eigenvalue weighted by atomic mass is 9.83. The van der Waals surface area contributed by atoms with Crippen molar-refractivity contribution in [2.75, 3.05) is 5.32 Å². The number of aliphatic hydroxyl groups excluding tert-OH is 1. The average molecular weight is 277 g/mol. The highest BCUT2D eigenvalue weighted by Gasteiger charge is 2.42. The van der Waals surface area contributed by atoms with Crippen molar-refractivity contribution in [1.82, 2.24) is 19.7 Å². The predicted molar refractivity (Wildman–Crippen MR) is 70.7 cm³/mol. The van der Waals surface area contributed by atoms with Gasteiger partial charge in [0.25, 0.3) is 0 Å². The summed E-state index contributed by atoms with van der Waals surface area (Å²) < 4.78 is 15.8. The molecule has 2 aromatic heterocycles. The van der Waals surface area contributed by atoms with Crippen molar-refractivity contribution in [3.05, 3.63) is 36.3 Å². The molecule has 7 heteroatoms. The molecule has 20 heavy (non-hydrogen) atoms. The van der Waals surface area contributed by atoms with Gasteiger partial charge in [-0.15, -0.1) is 0 Å². The first-order valence-electron chi connectivity index (χ1n) is 6.63. The molecule has 0 aliphatic heterocycles. The second kappa shape index (κ2) is 5.16. The Balaban J connectivity index is 1.79. The number of hydrogen-bond donors (Lipinski definition) is 2. The van der Waals surface area contributed by atoms with Crippen molar-refractivity contribution >= 4 is 5.82 Å². The molecule has 0 amide bonds. The van der Waals surface area contributed by atoms with E-state index in [2.05, 4.69) is 20.4 Å². The summed E-state index contributed by atoms with van der Waals surface area (Å²) in [5.41, 5.74) is 0.387. The molecule has 3 atom stereocenters. The van der Waals surface area contributed by atoms with E-state index in [4.69, 9.17) is 0 Å². The lowest BCUT2D eigenvalue weighted by molar-refractivity contribution is 0.0132. The van der Waals surface area contributed by atoms with E-state index in [9.17, 15) is 9.50 Å². The summed E-state index contributed by atoms with van der Waals surface area (Å²) in [6.07, 6.45) is 5.36. The molecule has 0 radical (unpaired) electrons. The van der Waals surface area contributed by atoms with E-state index in [0.717, 1.165) is 0 Å². The Kier molecular flexibility index (Phi) is 3.35. The summed E-state index contributed by atoms with van der Waals surface area (Å²) in [5.74, 6) is -0.235. The van der Waals surface area contributed by atoms with Crippen LogP contribution < -0.4 is 5.32 Å². The minimum atomic E-state index is -0.483. The standard InChI is InChI=1S/C13H16FN5O/c1-2-8-11(14)13(16-7-15-8)18-9-6-10(20)12(9)19-5-3-4-17-19/h3-5,7,9-10,12,20H,2,6H2,1H3,(H,15,16,18)/t9-,10+,12+/m0/s1. The van der Waals surface area contributed by atoms with Gasteiger partial charge in [-0.1, -0.05) is 6.92 Å². The van der Waals surface area contributed by atoms with Gasteiger partial charge in [0.05, 0.1) is 23.9 Å². The molecule has 2 aromatic rings. The number of halogens is 1. The number of aliphatic hydroxyl groups is 1. The molecular formula is C13H16FN5O. The van der Waals surface area contributed by atoms with Crippen LogP contribution in [0.4, 0.5) is 10.2 Å². The van der Waals surface area contributed by atoms with Gasteiger partial charge in [-0.25, -0.2) is 14.4 Å². The third-order valence-electron chi connectivity index (χ3n) is 3.65. The zero-order chi connectivity index (χ0) is 14.1. The van der Waals surface area contributed by atoms with E-state index in [1.54, 1.807) is 23.1 Å². The van der Waals surface area contributed by atoms with Crippen molar-refractivity contribution in [2.45, 2.75) is 38.0 Å². The van der Waals surface area contributed by atoms with E-state index >= 15 is 0 Å². The molecule has 3 rings (SSSR count). The molecular weight excluding hydrogens is 261 g/mol. The minimum Gasteiger partial charge on any atom is -0.391 e. The topological polar surface area (TPSA) is 75.9 Å². The highest BCUT2D eigenvalue weighted by Crippen LogP contribution is 2.34. The molecule has 2 heterocycles. The van der Waals surface area contributed by atoms with Gasteiger partial charge in [0.1, 0.15) is 6.33 Å². The summed E-state index contributed by atoms with van der Waals surface area (Å²) in [4.78, 5) is 7.84. The van der Waals surface area contributed by atoms with Crippen molar-refractivity contribution in [1.29, 1.82) is 0 Å². The number of nitrogens with one attached hydrogen (secondary N) is 1. The van der Waals surface area contributed by atoms with Crippen LogP contribution in [0.25, 0.3) is 0 Å². The Morgan fingerprint density at radius 3 is 3.00 bits per heavy atom. The Morgan fingerprint density at radius 1 is 1.50 bits per heavy atom. The largest absolute Gasteiger partial charge is 0.391 e. The first kappa shape index (κ1) is 13.0. The molecule has 0 saturated heterocycles. The van der Waals surface area contributed by atoms with Crippen LogP contribution in [0.1, 0.15) is 25.1 Å². The normalized spacial score (nSPS) is 25.2. The minimum absolute atomic E-state index is 0.0981. The molecule has 0 bridgehead atoms. The monoisotopic (exact) mass is 277 g/mol.